The van der Waals surface area contributed by atoms with Crippen LogP contribution in [0.25, 0.3) is 0 Å². The molecule has 0 aromatic heterocycles. The monoisotopic (exact) mass is 355 g/mol. The van der Waals surface area contributed by atoms with E-state index < -0.39 is 4.92 Å². The maximum absolute atomic E-state index is 10.8. The number of nitro benzene ring substituents is 1. The van der Waals surface area contributed by atoms with Crippen LogP contribution < -0.4 is 4.74 Å². The number of nitrogens with zero attached hydrogens (tertiary/aromatic N) is 1. The van der Waals surface area contributed by atoms with Crippen LogP contribution in [0.1, 0.15) is 11.1 Å². The number of halogens is 2. The molecule has 0 atom stereocenters. The molecule has 0 radical (unpaired) electrons. The highest BCUT2D eigenvalue weighted by molar-refractivity contribution is 9.08. The Morgan fingerprint density at radius 3 is 2.65 bits per heavy atom. The number of nitro groups is 1. The van der Waals surface area contributed by atoms with Crippen molar-refractivity contribution < 1.29 is 9.66 Å². The second kappa shape index (κ2) is 6.24. The lowest BCUT2D eigenvalue weighted by Gasteiger charge is -2.12. The van der Waals surface area contributed by atoms with Gasteiger partial charge in [-0.25, -0.2) is 0 Å². The zero-order valence-corrected chi connectivity index (χ0v) is 12.9. The van der Waals surface area contributed by atoms with Crippen molar-refractivity contribution in [1.29, 1.82) is 0 Å². The zero-order valence-electron chi connectivity index (χ0n) is 10.6. The number of hydrogen-bond donors (Lipinski definition) is 0. The third-order valence-corrected chi connectivity index (χ3v) is 3.61. The van der Waals surface area contributed by atoms with Gasteiger partial charge >= 0.3 is 0 Å². The Morgan fingerprint density at radius 2 is 2.00 bits per heavy atom. The van der Waals surface area contributed by atoms with Crippen LogP contribution in [-0.4, -0.2) is 4.92 Å². The Balaban J connectivity index is 2.39. The van der Waals surface area contributed by atoms with Crippen molar-refractivity contribution in [2.75, 3.05) is 0 Å². The van der Waals surface area contributed by atoms with Crippen LogP contribution in [0.2, 0.25) is 5.02 Å². The molecule has 0 unspecified atom stereocenters. The van der Waals surface area contributed by atoms with E-state index in [0.717, 1.165) is 11.1 Å². The minimum absolute atomic E-state index is 0.0000410. The summed E-state index contributed by atoms with van der Waals surface area (Å²) in [4.78, 5) is 10.4. The third kappa shape index (κ3) is 3.29. The molecule has 2 aromatic rings. The minimum Gasteiger partial charge on any atom is -0.457 e. The van der Waals surface area contributed by atoms with Crippen molar-refractivity contribution in [2.45, 2.75) is 12.3 Å². The molecule has 4 nitrogen and oxygen atoms in total. The summed E-state index contributed by atoms with van der Waals surface area (Å²) in [5.41, 5.74) is 1.70. The summed E-state index contributed by atoms with van der Waals surface area (Å²) in [5.74, 6) is 1.08. The third-order valence-electron chi connectivity index (χ3n) is 2.77. The topological polar surface area (TPSA) is 52.4 Å². The first-order valence-electron chi connectivity index (χ1n) is 5.78. The summed E-state index contributed by atoms with van der Waals surface area (Å²) in [7, 11) is 0. The van der Waals surface area contributed by atoms with Crippen molar-refractivity contribution in [2.24, 2.45) is 0 Å². The fourth-order valence-corrected chi connectivity index (χ4v) is 2.32. The van der Waals surface area contributed by atoms with Gasteiger partial charge < -0.3 is 4.74 Å². The Morgan fingerprint density at radius 1 is 1.25 bits per heavy atom. The summed E-state index contributed by atoms with van der Waals surface area (Å²) < 4.78 is 5.78. The smallest absolute Gasteiger partial charge is 0.273 e. The average molecular weight is 357 g/mol. The summed E-state index contributed by atoms with van der Waals surface area (Å²) >= 11 is 9.30. The average Bonchev–Trinajstić information content (AvgIpc) is 2.42. The van der Waals surface area contributed by atoms with Crippen LogP contribution in [0.4, 0.5) is 5.69 Å². The van der Waals surface area contributed by atoms with Gasteiger partial charge in [0.2, 0.25) is 0 Å². The minimum atomic E-state index is -0.445. The van der Waals surface area contributed by atoms with Crippen LogP contribution >= 0.6 is 27.5 Å². The van der Waals surface area contributed by atoms with E-state index in [9.17, 15) is 10.1 Å². The standard InChI is InChI=1S/C14H11BrClNO3/c1-9-2-4-12(17(18)19)7-14(9)20-13-5-3-11(16)6-10(13)8-15/h2-7H,8H2,1H3. The van der Waals surface area contributed by atoms with E-state index >= 15 is 0 Å². The molecule has 104 valence electrons. The van der Waals surface area contributed by atoms with Crippen LogP contribution in [0.3, 0.4) is 0 Å². The first kappa shape index (κ1) is 14.8. The summed E-state index contributed by atoms with van der Waals surface area (Å²) in [5, 5.41) is 12.0. The van der Waals surface area contributed by atoms with Crippen LogP contribution in [0.5, 0.6) is 11.5 Å². The molecular weight excluding hydrogens is 346 g/mol. The molecule has 0 aliphatic rings. The molecule has 0 fully saturated rings. The number of benzene rings is 2. The van der Waals surface area contributed by atoms with Crippen molar-refractivity contribution >= 4 is 33.2 Å². The summed E-state index contributed by atoms with van der Waals surface area (Å²) in [6.07, 6.45) is 0. The molecule has 0 N–H and O–H groups in total. The van der Waals surface area contributed by atoms with Crippen LogP contribution in [0.15, 0.2) is 36.4 Å². The predicted octanol–water partition coefficient (Wildman–Crippen LogP) is 5.24. The molecule has 0 saturated carbocycles. The van der Waals surface area contributed by atoms with Gasteiger partial charge in [0.25, 0.3) is 5.69 Å². The van der Waals surface area contributed by atoms with Gasteiger partial charge in [-0.15, -0.1) is 0 Å². The zero-order chi connectivity index (χ0) is 14.7. The van der Waals surface area contributed by atoms with E-state index in [2.05, 4.69) is 15.9 Å². The maximum Gasteiger partial charge on any atom is 0.273 e. The first-order valence-corrected chi connectivity index (χ1v) is 7.28. The Bertz CT molecular complexity index is 661. The molecule has 20 heavy (non-hydrogen) atoms. The predicted molar refractivity (Wildman–Crippen MR) is 82.0 cm³/mol. The van der Waals surface area contributed by atoms with Gasteiger partial charge in [0.1, 0.15) is 11.5 Å². The number of alkyl halides is 1. The second-order valence-electron chi connectivity index (χ2n) is 4.19. The molecule has 2 rings (SSSR count). The van der Waals surface area contributed by atoms with E-state index in [1.807, 2.05) is 6.92 Å². The molecule has 0 aliphatic carbocycles. The number of ether oxygens (including phenoxy) is 1. The SMILES string of the molecule is Cc1ccc([N+](=O)[O-])cc1Oc1ccc(Cl)cc1CBr. The number of rotatable bonds is 4. The van der Waals surface area contributed by atoms with Gasteiger partial charge in [0.15, 0.2) is 0 Å². The summed E-state index contributed by atoms with van der Waals surface area (Å²) in [6, 6.07) is 9.79. The van der Waals surface area contributed by atoms with Crippen LogP contribution in [-0.2, 0) is 5.33 Å². The van der Waals surface area contributed by atoms with E-state index in [0.29, 0.717) is 21.9 Å². The first-order chi connectivity index (χ1) is 9.51. The van der Waals surface area contributed by atoms with Gasteiger partial charge in [0, 0.05) is 22.0 Å². The molecule has 0 aliphatic heterocycles. The number of hydrogen-bond acceptors (Lipinski definition) is 3. The Hall–Kier alpha value is -1.59. The van der Waals surface area contributed by atoms with E-state index in [4.69, 9.17) is 16.3 Å². The number of aryl methyl sites for hydroxylation is 1. The van der Waals surface area contributed by atoms with Crippen molar-refractivity contribution in [3.8, 4) is 11.5 Å². The quantitative estimate of drug-likeness (QED) is 0.427. The highest BCUT2D eigenvalue weighted by Crippen LogP contribution is 2.33. The Labute approximate surface area is 129 Å². The van der Waals surface area contributed by atoms with Gasteiger partial charge in [-0.2, -0.15) is 0 Å². The lowest BCUT2D eigenvalue weighted by atomic mass is 10.2. The molecule has 6 heteroatoms. The molecule has 2 aromatic carbocycles. The van der Waals surface area contributed by atoms with Gasteiger partial charge in [0.05, 0.1) is 11.0 Å². The van der Waals surface area contributed by atoms with E-state index in [1.54, 1.807) is 24.3 Å². The van der Waals surface area contributed by atoms with Gasteiger partial charge in [-0.1, -0.05) is 27.5 Å². The molecule has 0 spiro atoms. The fourth-order valence-electron chi connectivity index (χ4n) is 1.68. The normalized spacial score (nSPS) is 10.3. The molecule has 0 heterocycles. The van der Waals surface area contributed by atoms with E-state index in [-0.39, 0.29) is 5.69 Å². The van der Waals surface area contributed by atoms with Crippen molar-refractivity contribution in [3.05, 3.63) is 62.7 Å². The molecule has 0 amide bonds. The van der Waals surface area contributed by atoms with Crippen molar-refractivity contribution in [1.82, 2.24) is 0 Å². The number of non-ortho nitro benzene ring substituents is 1. The fraction of sp³-hybridized carbons (Fsp3) is 0.143. The molecule has 0 bridgehead atoms. The largest absolute Gasteiger partial charge is 0.457 e. The van der Waals surface area contributed by atoms with Gasteiger partial charge in [-0.3, -0.25) is 10.1 Å². The van der Waals surface area contributed by atoms with Gasteiger partial charge in [-0.05, 0) is 36.8 Å². The van der Waals surface area contributed by atoms with Crippen molar-refractivity contribution in [3.63, 3.8) is 0 Å². The highest BCUT2D eigenvalue weighted by atomic mass is 79.9. The van der Waals surface area contributed by atoms with E-state index in [1.165, 1.54) is 12.1 Å². The second-order valence-corrected chi connectivity index (χ2v) is 5.19. The summed E-state index contributed by atoms with van der Waals surface area (Å²) in [6.45, 7) is 1.84. The highest BCUT2D eigenvalue weighted by Gasteiger charge is 2.12. The van der Waals surface area contributed by atoms with Crippen LogP contribution in [0, 0.1) is 17.0 Å². The lowest BCUT2D eigenvalue weighted by molar-refractivity contribution is -0.384. The molecule has 0 saturated heterocycles. The maximum atomic E-state index is 10.8. The molecular formula is C14H11BrClNO3. The Kier molecular flexibility index (Phi) is 4.62. The lowest BCUT2D eigenvalue weighted by Crippen LogP contribution is -1.94.